The van der Waals surface area contributed by atoms with Crippen molar-refractivity contribution >= 4 is 32.5 Å². The number of pyridine rings is 1. The Kier molecular flexibility index (Phi) is 3.00. The van der Waals surface area contributed by atoms with E-state index in [1.54, 1.807) is 30.7 Å². The third-order valence-electron chi connectivity index (χ3n) is 2.56. The minimum absolute atomic E-state index is 0.276. The summed E-state index contributed by atoms with van der Waals surface area (Å²) >= 11 is 3.27. The second-order valence-corrected chi connectivity index (χ2v) is 4.75. The van der Waals surface area contributed by atoms with E-state index in [1.807, 2.05) is 12.1 Å². The van der Waals surface area contributed by atoms with Gasteiger partial charge in [0.05, 0.1) is 15.7 Å². The van der Waals surface area contributed by atoms with Crippen molar-refractivity contribution in [3.63, 3.8) is 0 Å². The number of nitrogens with zero attached hydrogens (tertiary/aromatic N) is 3. The quantitative estimate of drug-likeness (QED) is 0.735. The molecular formula is C13H9BrN4O. The van der Waals surface area contributed by atoms with Gasteiger partial charge in [0.15, 0.2) is 0 Å². The lowest BCUT2D eigenvalue weighted by atomic mass is 10.2. The second-order valence-electron chi connectivity index (χ2n) is 3.84. The van der Waals surface area contributed by atoms with Crippen LogP contribution in [0.5, 0.6) is 11.8 Å². The van der Waals surface area contributed by atoms with Crippen molar-refractivity contribution in [2.45, 2.75) is 0 Å². The van der Waals surface area contributed by atoms with Crippen LogP contribution in [-0.2, 0) is 0 Å². The molecule has 2 N–H and O–H groups in total. The highest BCUT2D eigenvalue weighted by atomic mass is 79.9. The van der Waals surface area contributed by atoms with Crippen LogP contribution in [0.2, 0.25) is 0 Å². The minimum Gasteiger partial charge on any atom is -0.424 e. The molecule has 0 aliphatic heterocycles. The van der Waals surface area contributed by atoms with Crippen LogP contribution in [-0.4, -0.2) is 15.0 Å². The van der Waals surface area contributed by atoms with Crippen molar-refractivity contribution in [1.29, 1.82) is 0 Å². The number of halogens is 1. The summed E-state index contributed by atoms with van der Waals surface area (Å²) in [7, 11) is 0. The number of nitrogen functional groups attached to an aromatic ring is 1. The van der Waals surface area contributed by atoms with Crippen LogP contribution >= 0.6 is 15.9 Å². The van der Waals surface area contributed by atoms with Crippen LogP contribution in [0, 0.1) is 0 Å². The Morgan fingerprint density at radius 2 is 1.84 bits per heavy atom. The van der Waals surface area contributed by atoms with Crippen LogP contribution in [0.15, 0.2) is 47.3 Å². The van der Waals surface area contributed by atoms with E-state index in [2.05, 4.69) is 30.9 Å². The zero-order valence-corrected chi connectivity index (χ0v) is 11.3. The predicted octanol–water partition coefficient (Wildman–Crippen LogP) is 3.16. The van der Waals surface area contributed by atoms with E-state index in [0.29, 0.717) is 17.0 Å². The van der Waals surface area contributed by atoms with Crippen LogP contribution in [0.25, 0.3) is 10.9 Å². The lowest BCUT2D eigenvalue weighted by Gasteiger charge is -2.08. The van der Waals surface area contributed by atoms with Gasteiger partial charge >= 0.3 is 6.01 Å². The molecule has 0 unspecified atom stereocenters. The summed E-state index contributed by atoms with van der Waals surface area (Å²) in [5, 5.41) is 0.828. The van der Waals surface area contributed by atoms with Gasteiger partial charge < -0.3 is 10.5 Å². The number of ether oxygens (including phenoxy) is 1. The monoisotopic (exact) mass is 316 g/mol. The maximum atomic E-state index is 5.88. The Hall–Kier alpha value is -2.21. The second kappa shape index (κ2) is 4.81. The van der Waals surface area contributed by atoms with E-state index < -0.39 is 0 Å². The molecule has 0 radical (unpaired) electrons. The smallest absolute Gasteiger partial charge is 0.321 e. The Labute approximate surface area is 117 Å². The number of rotatable bonds is 2. The van der Waals surface area contributed by atoms with Gasteiger partial charge in [-0.3, -0.25) is 4.98 Å². The number of nitrogens with two attached hydrogens (primary N) is 1. The number of hydrogen-bond acceptors (Lipinski definition) is 5. The van der Waals surface area contributed by atoms with E-state index in [9.17, 15) is 0 Å². The molecule has 0 aliphatic rings. The summed E-state index contributed by atoms with van der Waals surface area (Å²) in [6, 6.07) is 7.54. The number of aromatic nitrogens is 3. The fourth-order valence-corrected chi connectivity index (χ4v) is 1.91. The van der Waals surface area contributed by atoms with Gasteiger partial charge in [0.1, 0.15) is 5.75 Å². The highest BCUT2D eigenvalue weighted by Crippen LogP contribution is 2.30. The first-order valence-corrected chi connectivity index (χ1v) is 6.32. The van der Waals surface area contributed by atoms with Crippen LogP contribution in [0.4, 0.5) is 5.69 Å². The number of fused-ring (bicyclic) bond motifs is 1. The zero-order valence-electron chi connectivity index (χ0n) is 9.75. The Bertz CT molecular complexity index is 730. The van der Waals surface area contributed by atoms with Crippen LogP contribution in [0.3, 0.4) is 0 Å². The summed E-state index contributed by atoms with van der Waals surface area (Å²) < 4.78 is 6.46. The fraction of sp³-hybridized carbons (Fsp3) is 0. The van der Waals surface area contributed by atoms with Gasteiger partial charge in [0.2, 0.25) is 0 Å². The molecule has 0 saturated carbocycles. The highest BCUT2D eigenvalue weighted by molar-refractivity contribution is 9.10. The van der Waals surface area contributed by atoms with Gasteiger partial charge in [-0.2, -0.15) is 0 Å². The highest BCUT2D eigenvalue weighted by Gasteiger charge is 2.08. The molecule has 0 saturated heterocycles. The molecular weight excluding hydrogens is 308 g/mol. The van der Waals surface area contributed by atoms with Crippen molar-refractivity contribution in [3.8, 4) is 11.8 Å². The van der Waals surface area contributed by atoms with E-state index in [4.69, 9.17) is 10.5 Å². The predicted molar refractivity (Wildman–Crippen MR) is 76.0 cm³/mol. The van der Waals surface area contributed by atoms with Gasteiger partial charge in [0.25, 0.3) is 0 Å². The normalized spacial score (nSPS) is 10.6. The number of anilines is 1. The van der Waals surface area contributed by atoms with Crippen molar-refractivity contribution < 1.29 is 4.74 Å². The Morgan fingerprint density at radius 3 is 2.63 bits per heavy atom. The third kappa shape index (κ3) is 2.34. The summed E-state index contributed by atoms with van der Waals surface area (Å²) in [4.78, 5) is 12.4. The molecule has 0 aliphatic carbocycles. The summed E-state index contributed by atoms with van der Waals surface area (Å²) in [6.45, 7) is 0. The molecule has 3 aromatic rings. The molecule has 19 heavy (non-hydrogen) atoms. The van der Waals surface area contributed by atoms with Crippen molar-refractivity contribution in [1.82, 2.24) is 15.0 Å². The largest absolute Gasteiger partial charge is 0.424 e. The first kappa shape index (κ1) is 11.9. The molecule has 3 rings (SSSR count). The van der Waals surface area contributed by atoms with Crippen molar-refractivity contribution in [2.75, 3.05) is 5.73 Å². The Morgan fingerprint density at radius 1 is 1.05 bits per heavy atom. The maximum Gasteiger partial charge on any atom is 0.321 e. The van der Waals surface area contributed by atoms with Gasteiger partial charge in [-0.25, -0.2) is 9.97 Å². The Balaban J connectivity index is 2.06. The molecule has 2 aromatic heterocycles. The van der Waals surface area contributed by atoms with Gasteiger partial charge in [-0.15, -0.1) is 0 Å². The number of hydrogen-bond donors (Lipinski definition) is 1. The molecule has 5 nitrogen and oxygen atoms in total. The van der Waals surface area contributed by atoms with Gasteiger partial charge in [-0.1, -0.05) is 0 Å². The molecule has 0 spiro atoms. The average molecular weight is 317 g/mol. The molecule has 0 atom stereocenters. The fourth-order valence-electron chi connectivity index (χ4n) is 1.71. The maximum absolute atomic E-state index is 5.88. The SMILES string of the molecule is Nc1ccc(Oc2ncc(Br)cn2)c2cccnc12. The minimum atomic E-state index is 0.276. The van der Waals surface area contributed by atoms with Gasteiger partial charge in [0, 0.05) is 24.0 Å². The lowest BCUT2D eigenvalue weighted by Crippen LogP contribution is -1.94. The number of benzene rings is 1. The van der Waals surface area contributed by atoms with Crippen LogP contribution in [0.1, 0.15) is 0 Å². The van der Waals surface area contributed by atoms with E-state index in [0.717, 1.165) is 9.86 Å². The molecule has 94 valence electrons. The molecule has 6 heteroatoms. The van der Waals surface area contributed by atoms with Crippen molar-refractivity contribution in [3.05, 3.63) is 47.3 Å². The molecule has 1 aromatic carbocycles. The first-order valence-electron chi connectivity index (χ1n) is 5.52. The third-order valence-corrected chi connectivity index (χ3v) is 2.97. The lowest BCUT2D eigenvalue weighted by molar-refractivity contribution is 0.446. The summed E-state index contributed by atoms with van der Waals surface area (Å²) in [5.74, 6) is 0.625. The van der Waals surface area contributed by atoms with Crippen LogP contribution < -0.4 is 10.5 Å². The van der Waals surface area contributed by atoms with E-state index >= 15 is 0 Å². The van der Waals surface area contributed by atoms with E-state index in [-0.39, 0.29) is 6.01 Å². The summed E-state index contributed by atoms with van der Waals surface area (Å²) in [6.07, 6.45) is 4.94. The molecule has 2 heterocycles. The zero-order chi connectivity index (χ0) is 13.2. The van der Waals surface area contributed by atoms with Crippen molar-refractivity contribution in [2.24, 2.45) is 0 Å². The molecule has 0 amide bonds. The first-order chi connectivity index (χ1) is 9.24. The summed E-state index contributed by atoms with van der Waals surface area (Å²) in [5.41, 5.74) is 7.20. The topological polar surface area (TPSA) is 73.9 Å². The standard InChI is InChI=1S/C13H9BrN4O/c14-8-6-17-13(18-7-8)19-11-4-3-10(15)12-9(11)2-1-5-16-12/h1-7H,15H2. The molecule has 0 bridgehead atoms. The molecule has 0 fully saturated rings. The van der Waals surface area contributed by atoms with Gasteiger partial charge in [-0.05, 0) is 40.2 Å². The average Bonchev–Trinajstić information content (AvgIpc) is 2.45. The van der Waals surface area contributed by atoms with E-state index in [1.165, 1.54) is 0 Å².